The van der Waals surface area contributed by atoms with Crippen LogP contribution in [0.25, 0.3) is 0 Å². The van der Waals surface area contributed by atoms with Crippen LogP contribution < -0.4 is 0 Å². The Morgan fingerprint density at radius 1 is 0.810 bits per heavy atom. The zero-order valence-corrected chi connectivity index (χ0v) is 14.7. The fourth-order valence-electron chi connectivity index (χ4n) is 2.57. The maximum atomic E-state index is 3.68. The maximum absolute atomic E-state index is 3.68. The van der Waals surface area contributed by atoms with E-state index in [4.69, 9.17) is 0 Å². The van der Waals surface area contributed by atoms with Crippen molar-refractivity contribution in [3.8, 4) is 0 Å². The summed E-state index contributed by atoms with van der Waals surface area (Å²) in [4.78, 5) is 0. The summed E-state index contributed by atoms with van der Waals surface area (Å²) >= 11 is 0. The number of rotatable bonds is 15. The third-order valence-electron chi connectivity index (χ3n) is 3.99. The summed E-state index contributed by atoms with van der Waals surface area (Å²) in [7, 11) is 0. The Kier molecular flexibility index (Phi) is 16.6. The van der Waals surface area contributed by atoms with E-state index in [9.17, 15) is 0 Å². The quantitative estimate of drug-likeness (QED) is 0.165. The molecule has 0 heteroatoms. The highest BCUT2D eigenvalue weighted by atomic mass is 14.0. The molecular weight excluding hydrogens is 252 g/mol. The standard InChI is InChI=1S/C21H38/c1-4-6-8-10-11-12-13-14-16-18-20-21(3)19-17-15-9-7-5-2/h4,6,8,18,20-21H,1,5,7,9-17,19H2,2-3H3. The molecule has 0 radical (unpaired) electrons. The molecule has 122 valence electrons. The van der Waals surface area contributed by atoms with E-state index in [1.807, 2.05) is 12.2 Å². The highest BCUT2D eigenvalue weighted by Crippen LogP contribution is 2.13. The van der Waals surface area contributed by atoms with Crippen molar-refractivity contribution in [2.45, 2.75) is 90.9 Å². The third kappa shape index (κ3) is 17.2. The van der Waals surface area contributed by atoms with Gasteiger partial charge in [-0.3, -0.25) is 0 Å². The van der Waals surface area contributed by atoms with Gasteiger partial charge in [-0.2, -0.15) is 0 Å². The SMILES string of the molecule is C=CC=CCCCCCCC=CC(C)CCCCCCC. The summed E-state index contributed by atoms with van der Waals surface area (Å²) < 4.78 is 0. The first kappa shape index (κ1) is 20.2. The normalized spacial score (nSPS) is 13.2. The van der Waals surface area contributed by atoms with Crippen LogP contribution in [0.5, 0.6) is 0 Å². The Labute approximate surface area is 134 Å². The topological polar surface area (TPSA) is 0 Å². The van der Waals surface area contributed by atoms with Crippen LogP contribution in [-0.4, -0.2) is 0 Å². The van der Waals surface area contributed by atoms with Crippen LogP contribution >= 0.6 is 0 Å². The first-order valence-corrected chi connectivity index (χ1v) is 9.25. The fraction of sp³-hybridized carbons (Fsp3) is 0.714. The van der Waals surface area contributed by atoms with Gasteiger partial charge in [0.2, 0.25) is 0 Å². The minimum absolute atomic E-state index is 0.774. The summed E-state index contributed by atoms with van der Waals surface area (Å²) in [5.74, 6) is 0.774. The number of unbranched alkanes of at least 4 members (excludes halogenated alkanes) is 9. The van der Waals surface area contributed by atoms with Gasteiger partial charge in [0.05, 0.1) is 0 Å². The van der Waals surface area contributed by atoms with Crippen LogP contribution in [0.1, 0.15) is 90.9 Å². The molecule has 1 atom stereocenters. The van der Waals surface area contributed by atoms with Crippen molar-refractivity contribution >= 4 is 0 Å². The largest absolute Gasteiger partial charge is 0.0991 e. The molecule has 0 aliphatic carbocycles. The van der Waals surface area contributed by atoms with E-state index in [-0.39, 0.29) is 0 Å². The molecule has 0 N–H and O–H groups in total. The molecule has 0 rings (SSSR count). The zero-order chi connectivity index (χ0) is 15.6. The summed E-state index contributed by atoms with van der Waals surface area (Å²) in [6.45, 7) is 8.32. The number of hydrogen-bond donors (Lipinski definition) is 0. The van der Waals surface area contributed by atoms with Gasteiger partial charge in [-0.05, 0) is 38.0 Å². The Hall–Kier alpha value is -0.780. The summed E-state index contributed by atoms with van der Waals surface area (Å²) in [5.41, 5.74) is 0. The van der Waals surface area contributed by atoms with Gasteiger partial charge in [0.1, 0.15) is 0 Å². The average molecular weight is 291 g/mol. The van der Waals surface area contributed by atoms with Crippen molar-refractivity contribution in [3.05, 3.63) is 37.0 Å². The van der Waals surface area contributed by atoms with Gasteiger partial charge in [0, 0.05) is 0 Å². The van der Waals surface area contributed by atoms with Crippen LogP contribution in [0.2, 0.25) is 0 Å². The molecule has 0 aromatic carbocycles. The Bertz CT molecular complexity index is 259. The number of allylic oxidation sites excluding steroid dienone is 5. The van der Waals surface area contributed by atoms with Crippen molar-refractivity contribution < 1.29 is 0 Å². The van der Waals surface area contributed by atoms with Crippen molar-refractivity contribution in [3.63, 3.8) is 0 Å². The smallest absolute Gasteiger partial charge is 0.0262 e. The zero-order valence-electron chi connectivity index (χ0n) is 14.7. The molecule has 0 bridgehead atoms. The van der Waals surface area contributed by atoms with E-state index in [2.05, 4.69) is 38.7 Å². The Balaban J connectivity index is 3.29. The molecule has 21 heavy (non-hydrogen) atoms. The van der Waals surface area contributed by atoms with Gasteiger partial charge < -0.3 is 0 Å². The van der Waals surface area contributed by atoms with Gasteiger partial charge in [-0.1, -0.05) is 95.8 Å². The molecule has 0 aliphatic heterocycles. The molecule has 0 spiro atoms. The minimum atomic E-state index is 0.774. The van der Waals surface area contributed by atoms with Gasteiger partial charge >= 0.3 is 0 Å². The molecule has 0 aromatic rings. The van der Waals surface area contributed by atoms with E-state index in [1.54, 1.807) is 0 Å². The van der Waals surface area contributed by atoms with Crippen molar-refractivity contribution in [1.29, 1.82) is 0 Å². The van der Waals surface area contributed by atoms with E-state index < -0.39 is 0 Å². The van der Waals surface area contributed by atoms with Gasteiger partial charge in [0.25, 0.3) is 0 Å². The van der Waals surface area contributed by atoms with E-state index >= 15 is 0 Å². The second-order valence-electron chi connectivity index (χ2n) is 6.26. The molecular formula is C21H38. The average Bonchev–Trinajstić information content (AvgIpc) is 2.49. The van der Waals surface area contributed by atoms with Crippen LogP contribution in [0.15, 0.2) is 37.0 Å². The highest BCUT2D eigenvalue weighted by Gasteiger charge is 1.96. The highest BCUT2D eigenvalue weighted by molar-refractivity contribution is 4.96. The predicted octanol–water partition coefficient (Wildman–Crippen LogP) is 7.62. The molecule has 0 saturated heterocycles. The van der Waals surface area contributed by atoms with Gasteiger partial charge in [0.15, 0.2) is 0 Å². The second kappa shape index (κ2) is 17.3. The Morgan fingerprint density at radius 2 is 1.43 bits per heavy atom. The summed E-state index contributed by atoms with van der Waals surface area (Å²) in [6.07, 6.45) is 27.2. The van der Waals surface area contributed by atoms with E-state index in [1.165, 1.54) is 77.0 Å². The first-order valence-electron chi connectivity index (χ1n) is 9.25. The van der Waals surface area contributed by atoms with Crippen molar-refractivity contribution in [2.75, 3.05) is 0 Å². The van der Waals surface area contributed by atoms with Crippen LogP contribution in [0.4, 0.5) is 0 Å². The van der Waals surface area contributed by atoms with Crippen LogP contribution in [0.3, 0.4) is 0 Å². The fourth-order valence-corrected chi connectivity index (χ4v) is 2.57. The molecule has 1 unspecified atom stereocenters. The van der Waals surface area contributed by atoms with Crippen molar-refractivity contribution in [2.24, 2.45) is 5.92 Å². The second-order valence-corrected chi connectivity index (χ2v) is 6.26. The lowest BCUT2D eigenvalue weighted by Gasteiger charge is -2.05. The lowest BCUT2D eigenvalue weighted by Crippen LogP contribution is -1.90. The van der Waals surface area contributed by atoms with E-state index in [0.29, 0.717) is 0 Å². The van der Waals surface area contributed by atoms with Gasteiger partial charge in [-0.25, -0.2) is 0 Å². The van der Waals surface area contributed by atoms with Crippen molar-refractivity contribution in [1.82, 2.24) is 0 Å². The molecule has 0 aliphatic rings. The lowest BCUT2D eigenvalue weighted by molar-refractivity contribution is 0.549. The van der Waals surface area contributed by atoms with Crippen LogP contribution in [-0.2, 0) is 0 Å². The first-order chi connectivity index (χ1) is 10.3. The Morgan fingerprint density at radius 3 is 2.10 bits per heavy atom. The minimum Gasteiger partial charge on any atom is -0.0991 e. The summed E-state index contributed by atoms with van der Waals surface area (Å²) in [5, 5.41) is 0. The molecule has 0 saturated carbocycles. The van der Waals surface area contributed by atoms with Gasteiger partial charge in [-0.15, -0.1) is 0 Å². The maximum Gasteiger partial charge on any atom is -0.0262 e. The molecule has 0 nitrogen and oxygen atoms in total. The van der Waals surface area contributed by atoms with Crippen LogP contribution in [0, 0.1) is 5.92 Å². The number of hydrogen-bond acceptors (Lipinski definition) is 0. The molecule has 0 heterocycles. The monoisotopic (exact) mass is 290 g/mol. The molecule has 0 fully saturated rings. The molecule has 0 aromatic heterocycles. The molecule has 0 amide bonds. The summed E-state index contributed by atoms with van der Waals surface area (Å²) in [6, 6.07) is 0. The lowest BCUT2D eigenvalue weighted by atomic mass is 10.0. The van der Waals surface area contributed by atoms with E-state index in [0.717, 1.165) is 5.92 Å². The third-order valence-corrected chi connectivity index (χ3v) is 3.99. The predicted molar refractivity (Wildman–Crippen MR) is 98.7 cm³/mol.